The molecule has 1 unspecified atom stereocenters. The van der Waals surface area contributed by atoms with E-state index < -0.39 is 0 Å². The molecule has 0 aliphatic rings. The molecular formula is C15H20N4O. The molecule has 1 heterocycles. The van der Waals surface area contributed by atoms with Crippen LogP contribution in [0.15, 0.2) is 30.6 Å². The normalized spacial score (nSPS) is 11.9. The predicted molar refractivity (Wildman–Crippen MR) is 79.8 cm³/mol. The number of anilines is 1. The van der Waals surface area contributed by atoms with Gasteiger partial charge >= 0.3 is 0 Å². The number of rotatable bonds is 5. The molecule has 1 aromatic carbocycles. The molecule has 5 heteroatoms. The van der Waals surface area contributed by atoms with E-state index in [4.69, 9.17) is 0 Å². The van der Waals surface area contributed by atoms with Crippen LogP contribution in [0.1, 0.15) is 41.6 Å². The number of carbonyl (C=O) groups excluding carboxylic acids is 1. The summed E-state index contributed by atoms with van der Waals surface area (Å²) in [7, 11) is 0. The molecule has 5 nitrogen and oxygen atoms in total. The minimum absolute atomic E-state index is 0.0885. The van der Waals surface area contributed by atoms with E-state index in [0.29, 0.717) is 5.56 Å². The Morgan fingerprint density at radius 1 is 1.45 bits per heavy atom. The summed E-state index contributed by atoms with van der Waals surface area (Å²) < 4.78 is 0. The van der Waals surface area contributed by atoms with E-state index in [1.807, 2.05) is 39.0 Å². The Morgan fingerprint density at radius 2 is 2.25 bits per heavy atom. The van der Waals surface area contributed by atoms with Crippen LogP contribution in [0.4, 0.5) is 5.69 Å². The molecule has 1 atom stereocenters. The van der Waals surface area contributed by atoms with Gasteiger partial charge in [0.05, 0.1) is 6.04 Å². The van der Waals surface area contributed by atoms with Crippen LogP contribution in [0.2, 0.25) is 0 Å². The predicted octanol–water partition coefficient (Wildman–Crippen LogP) is 2.64. The molecule has 106 valence electrons. The second-order valence-corrected chi connectivity index (χ2v) is 4.73. The molecule has 1 amide bonds. The van der Waals surface area contributed by atoms with E-state index in [9.17, 15) is 4.79 Å². The van der Waals surface area contributed by atoms with Crippen LogP contribution >= 0.6 is 0 Å². The van der Waals surface area contributed by atoms with Crippen LogP contribution in [0.25, 0.3) is 0 Å². The van der Waals surface area contributed by atoms with Gasteiger partial charge in [0.25, 0.3) is 5.91 Å². The molecule has 2 aromatic rings. The Balaban J connectivity index is 2.09. The van der Waals surface area contributed by atoms with Crippen molar-refractivity contribution in [3.05, 3.63) is 47.5 Å². The van der Waals surface area contributed by atoms with Gasteiger partial charge in [-0.15, -0.1) is 0 Å². The second kappa shape index (κ2) is 6.23. The van der Waals surface area contributed by atoms with Crippen LogP contribution in [0.5, 0.6) is 0 Å². The van der Waals surface area contributed by atoms with E-state index in [0.717, 1.165) is 23.6 Å². The number of hydrogen-bond donors (Lipinski definition) is 3. The largest absolute Gasteiger partial charge is 0.385 e. The van der Waals surface area contributed by atoms with Gasteiger partial charge < -0.3 is 15.6 Å². The van der Waals surface area contributed by atoms with Crippen molar-refractivity contribution < 1.29 is 4.79 Å². The number of amides is 1. The molecule has 0 fully saturated rings. The third kappa shape index (κ3) is 3.17. The smallest absolute Gasteiger partial charge is 0.252 e. The molecule has 2 rings (SSSR count). The SMILES string of the molecule is CCNc1ccc(C(=O)NC(C)c2ncc[nH]2)c(C)c1. The molecule has 3 N–H and O–H groups in total. The highest BCUT2D eigenvalue weighted by Gasteiger charge is 2.14. The highest BCUT2D eigenvalue weighted by molar-refractivity contribution is 5.96. The third-order valence-electron chi connectivity index (χ3n) is 3.13. The van der Waals surface area contributed by atoms with Crippen LogP contribution in [0.3, 0.4) is 0 Å². The van der Waals surface area contributed by atoms with Gasteiger partial charge in [0, 0.05) is 30.2 Å². The van der Waals surface area contributed by atoms with Gasteiger partial charge in [-0.2, -0.15) is 0 Å². The van der Waals surface area contributed by atoms with Crippen molar-refractivity contribution in [2.45, 2.75) is 26.8 Å². The van der Waals surface area contributed by atoms with Crippen molar-refractivity contribution >= 4 is 11.6 Å². The van der Waals surface area contributed by atoms with Gasteiger partial charge in [0.2, 0.25) is 0 Å². The Morgan fingerprint density at radius 3 is 2.85 bits per heavy atom. The van der Waals surface area contributed by atoms with E-state index >= 15 is 0 Å². The lowest BCUT2D eigenvalue weighted by Crippen LogP contribution is -2.28. The van der Waals surface area contributed by atoms with Crippen LogP contribution < -0.4 is 10.6 Å². The fourth-order valence-corrected chi connectivity index (χ4v) is 2.09. The Bertz CT molecular complexity index is 578. The van der Waals surface area contributed by atoms with Crippen LogP contribution in [0, 0.1) is 6.92 Å². The first-order valence-electron chi connectivity index (χ1n) is 6.76. The Kier molecular flexibility index (Phi) is 4.40. The Labute approximate surface area is 118 Å². The van der Waals surface area contributed by atoms with Gasteiger partial charge in [-0.3, -0.25) is 4.79 Å². The minimum atomic E-state index is -0.148. The van der Waals surface area contributed by atoms with Crippen molar-refractivity contribution in [1.82, 2.24) is 15.3 Å². The topological polar surface area (TPSA) is 69.8 Å². The average molecular weight is 272 g/mol. The molecule has 20 heavy (non-hydrogen) atoms. The van der Waals surface area contributed by atoms with Crippen molar-refractivity contribution in [3.63, 3.8) is 0 Å². The Hall–Kier alpha value is -2.30. The van der Waals surface area contributed by atoms with Crippen molar-refractivity contribution in [1.29, 1.82) is 0 Å². The molecule has 0 saturated carbocycles. The number of aryl methyl sites for hydroxylation is 1. The van der Waals surface area contributed by atoms with Gasteiger partial charge in [0.1, 0.15) is 5.82 Å². The molecular weight excluding hydrogens is 252 g/mol. The van der Waals surface area contributed by atoms with Crippen molar-refractivity contribution in [2.24, 2.45) is 0 Å². The van der Waals surface area contributed by atoms with Crippen molar-refractivity contribution in [3.8, 4) is 0 Å². The maximum absolute atomic E-state index is 12.3. The number of aromatic nitrogens is 2. The fourth-order valence-electron chi connectivity index (χ4n) is 2.09. The highest BCUT2D eigenvalue weighted by Crippen LogP contribution is 2.16. The quantitative estimate of drug-likeness (QED) is 0.783. The number of nitrogens with zero attached hydrogens (tertiary/aromatic N) is 1. The van der Waals surface area contributed by atoms with E-state index in [2.05, 4.69) is 20.6 Å². The maximum atomic E-state index is 12.3. The summed E-state index contributed by atoms with van der Waals surface area (Å²) in [6.07, 6.45) is 3.42. The number of hydrogen-bond acceptors (Lipinski definition) is 3. The number of H-pyrrole nitrogens is 1. The summed E-state index contributed by atoms with van der Waals surface area (Å²) in [6, 6.07) is 5.60. The van der Waals surface area contributed by atoms with Gasteiger partial charge in [0.15, 0.2) is 0 Å². The molecule has 0 aliphatic heterocycles. The van der Waals surface area contributed by atoms with Crippen LogP contribution in [-0.2, 0) is 0 Å². The summed E-state index contributed by atoms with van der Waals surface area (Å²) in [5, 5.41) is 6.17. The molecule has 0 bridgehead atoms. The standard InChI is InChI=1S/C15H20N4O/c1-4-16-12-5-6-13(10(2)9-12)15(20)19-11(3)14-17-7-8-18-14/h5-9,11,16H,4H2,1-3H3,(H,17,18)(H,19,20). The summed E-state index contributed by atoms with van der Waals surface area (Å²) in [4.78, 5) is 19.4. The first-order chi connectivity index (χ1) is 9.61. The zero-order chi connectivity index (χ0) is 14.5. The lowest BCUT2D eigenvalue weighted by atomic mass is 10.1. The van der Waals surface area contributed by atoms with E-state index in [1.54, 1.807) is 12.4 Å². The first kappa shape index (κ1) is 14.1. The first-order valence-corrected chi connectivity index (χ1v) is 6.76. The van der Waals surface area contributed by atoms with Gasteiger partial charge in [-0.05, 0) is 44.5 Å². The number of nitrogens with one attached hydrogen (secondary N) is 3. The molecule has 1 aromatic heterocycles. The third-order valence-corrected chi connectivity index (χ3v) is 3.13. The molecule has 0 saturated heterocycles. The van der Waals surface area contributed by atoms with Crippen molar-refractivity contribution in [2.75, 3.05) is 11.9 Å². The van der Waals surface area contributed by atoms with Gasteiger partial charge in [-0.1, -0.05) is 0 Å². The lowest BCUT2D eigenvalue weighted by molar-refractivity contribution is 0.0938. The minimum Gasteiger partial charge on any atom is -0.385 e. The van der Waals surface area contributed by atoms with E-state index in [-0.39, 0.29) is 11.9 Å². The maximum Gasteiger partial charge on any atom is 0.252 e. The lowest BCUT2D eigenvalue weighted by Gasteiger charge is -2.14. The molecule has 0 aliphatic carbocycles. The molecule has 0 spiro atoms. The summed E-state index contributed by atoms with van der Waals surface area (Å²) in [5.74, 6) is 0.662. The molecule has 0 radical (unpaired) electrons. The number of aromatic amines is 1. The van der Waals surface area contributed by atoms with E-state index in [1.165, 1.54) is 0 Å². The summed E-state index contributed by atoms with van der Waals surface area (Å²) in [5.41, 5.74) is 2.67. The van der Waals surface area contributed by atoms with Gasteiger partial charge in [-0.25, -0.2) is 4.98 Å². The summed E-state index contributed by atoms with van der Waals surface area (Å²) >= 11 is 0. The zero-order valence-corrected chi connectivity index (χ0v) is 12.0. The highest BCUT2D eigenvalue weighted by atomic mass is 16.1. The van der Waals surface area contributed by atoms with Crippen LogP contribution in [-0.4, -0.2) is 22.4 Å². The summed E-state index contributed by atoms with van der Waals surface area (Å²) in [6.45, 7) is 6.74. The number of imidazole rings is 1. The fraction of sp³-hybridized carbons (Fsp3) is 0.333. The number of benzene rings is 1. The second-order valence-electron chi connectivity index (χ2n) is 4.73. The zero-order valence-electron chi connectivity index (χ0n) is 12.0. The average Bonchev–Trinajstić information content (AvgIpc) is 2.93. The number of carbonyl (C=O) groups is 1. The monoisotopic (exact) mass is 272 g/mol.